The number of nitrogens with zero attached hydrogens (tertiary/aromatic N) is 3. The minimum Gasteiger partial charge on any atom is -0.476 e. The summed E-state index contributed by atoms with van der Waals surface area (Å²) in [6.45, 7) is 1.10. The van der Waals surface area contributed by atoms with E-state index in [9.17, 15) is 22.8 Å². The standard InChI is InChI=1S/C25H15Br2ClF3N3O4S/c1-2-37-23(36)18-19(13-3-5-14(28)6-4-13)34-22(35)17(39-24(34)33-21(18)25(29,30)31)11-12-9-15(26)20(16(27)10-12)38-8-7-32/h3-6,9-11,19H,2,8H2,1H3/b17-11-/t19-/m1/s1. The number of alkyl halides is 3. The summed E-state index contributed by atoms with van der Waals surface area (Å²) in [5.74, 6) is -0.865. The van der Waals surface area contributed by atoms with E-state index in [4.69, 9.17) is 26.3 Å². The van der Waals surface area contributed by atoms with Gasteiger partial charge in [0, 0.05) is 5.02 Å². The number of carbonyl (C=O) groups is 1. The molecule has 1 aromatic heterocycles. The van der Waals surface area contributed by atoms with Gasteiger partial charge in [-0.1, -0.05) is 35.1 Å². The van der Waals surface area contributed by atoms with Crippen LogP contribution in [0.25, 0.3) is 6.08 Å². The van der Waals surface area contributed by atoms with Crippen molar-refractivity contribution < 1.29 is 27.4 Å². The van der Waals surface area contributed by atoms with Gasteiger partial charge in [-0.3, -0.25) is 9.36 Å². The number of ether oxygens (including phenoxy) is 2. The van der Waals surface area contributed by atoms with Crippen molar-refractivity contribution in [1.82, 2.24) is 4.57 Å². The zero-order valence-electron chi connectivity index (χ0n) is 19.7. The van der Waals surface area contributed by atoms with Crippen LogP contribution in [0.5, 0.6) is 5.75 Å². The molecule has 2 aromatic carbocycles. The highest BCUT2D eigenvalue weighted by molar-refractivity contribution is 9.11. The number of hydrogen-bond acceptors (Lipinski definition) is 7. The van der Waals surface area contributed by atoms with Gasteiger partial charge in [0.1, 0.15) is 11.8 Å². The molecule has 0 bridgehead atoms. The molecule has 1 aliphatic rings. The molecule has 0 N–H and O–H groups in total. The van der Waals surface area contributed by atoms with Crippen LogP contribution in [0.15, 0.2) is 66.4 Å². The average Bonchev–Trinajstić information content (AvgIpc) is 3.17. The second-order valence-electron chi connectivity index (χ2n) is 7.88. The zero-order valence-corrected chi connectivity index (χ0v) is 24.4. The van der Waals surface area contributed by atoms with Crippen molar-refractivity contribution in [2.75, 3.05) is 13.2 Å². The molecule has 14 heteroatoms. The van der Waals surface area contributed by atoms with Gasteiger partial charge in [0.05, 0.1) is 31.7 Å². The molecular weight excluding hydrogens is 691 g/mol. The number of thiazole rings is 1. The summed E-state index contributed by atoms with van der Waals surface area (Å²) in [5.41, 5.74) is -2.16. The van der Waals surface area contributed by atoms with Gasteiger partial charge in [-0.2, -0.15) is 18.4 Å². The molecule has 0 fully saturated rings. The Morgan fingerprint density at radius 1 is 1.26 bits per heavy atom. The minimum absolute atomic E-state index is 0.0730. The Bertz CT molecular complexity index is 1690. The lowest BCUT2D eigenvalue weighted by Gasteiger charge is -2.26. The molecular formula is C25H15Br2ClF3N3O4S. The molecule has 7 nitrogen and oxygen atoms in total. The van der Waals surface area contributed by atoms with Crippen LogP contribution in [0, 0.1) is 11.3 Å². The minimum atomic E-state index is -5.00. The van der Waals surface area contributed by atoms with Crippen LogP contribution in [-0.4, -0.2) is 29.9 Å². The monoisotopic (exact) mass is 703 g/mol. The SMILES string of the molecule is CCOC(=O)C1=C(C(F)(F)F)N=c2s/c(=C\c3cc(Br)c(OCC#N)c(Br)c3)c(=O)n2[C@@H]1c1ccc(Cl)cc1. The maximum atomic E-state index is 14.2. The van der Waals surface area contributed by atoms with E-state index in [0.29, 0.717) is 25.3 Å². The first-order valence-corrected chi connectivity index (χ1v) is 13.8. The Kier molecular flexibility index (Phi) is 8.70. The number of nitriles is 1. The molecule has 1 atom stereocenters. The van der Waals surface area contributed by atoms with Crippen LogP contribution in [-0.2, 0) is 9.53 Å². The predicted octanol–water partition coefficient (Wildman–Crippen LogP) is 5.42. The maximum Gasteiger partial charge on any atom is 0.434 e. The summed E-state index contributed by atoms with van der Waals surface area (Å²) in [5, 5.41) is 9.09. The summed E-state index contributed by atoms with van der Waals surface area (Å²) in [6.07, 6.45) is -3.52. The Labute approximate surface area is 244 Å². The number of rotatable bonds is 6. The molecule has 0 spiro atoms. The number of esters is 1. The van der Waals surface area contributed by atoms with Crippen LogP contribution in [0.1, 0.15) is 24.1 Å². The van der Waals surface area contributed by atoms with E-state index in [2.05, 4.69) is 36.9 Å². The molecule has 0 unspecified atom stereocenters. The van der Waals surface area contributed by atoms with Crippen molar-refractivity contribution in [2.24, 2.45) is 4.99 Å². The molecule has 0 aliphatic carbocycles. The fourth-order valence-electron chi connectivity index (χ4n) is 3.86. The van der Waals surface area contributed by atoms with Gasteiger partial charge < -0.3 is 9.47 Å². The Hall–Kier alpha value is -2.92. The molecule has 1 aliphatic heterocycles. The third-order valence-corrected chi connectivity index (χ3v) is 7.79. The molecule has 0 saturated carbocycles. The number of halogens is 6. The van der Waals surface area contributed by atoms with E-state index in [1.165, 1.54) is 37.3 Å². The highest BCUT2D eigenvalue weighted by Crippen LogP contribution is 2.39. The summed E-state index contributed by atoms with van der Waals surface area (Å²) in [7, 11) is 0. The Morgan fingerprint density at radius 2 is 1.90 bits per heavy atom. The second kappa shape index (κ2) is 11.7. The summed E-state index contributed by atoms with van der Waals surface area (Å²) in [6, 6.07) is 9.44. The smallest absolute Gasteiger partial charge is 0.434 e. The quantitative estimate of drug-likeness (QED) is 0.320. The summed E-state index contributed by atoms with van der Waals surface area (Å²) >= 11 is 13.4. The zero-order chi connectivity index (χ0) is 28.5. The molecule has 0 saturated heterocycles. The van der Waals surface area contributed by atoms with Gasteiger partial charge in [-0.15, -0.1) is 0 Å². The molecule has 2 heterocycles. The number of allylic oxidation sites excluding steroid dienone is 1. The van der Waals surface area contributed by atoms with Gasteiger partial charge >= 0.3 is 12.1 Å². The molecule has 0 amide bonds. The molecule has 4 rings (SSSR count). The van der Waals surface area contributed by atoms with Crippen molar-refractivity contribution in [3.05, 3.63) is 92.5 Å². The van der Waals surface area contributed by atoms with Crippen LogP contribution in [0.2, 0.25) is 5.02 Å². The van der Waals surface area contributed by atoms with E-state index in [1.807, 2.05) is 6.07 Å². The number of carbonyl (C=O) groups excluding carboxylic acids is 1. The van der Waals surface area contributed by atoms with Gasteiger partial charge in [0.15, 0.2) is 17.1 Å². The van der Waals surface area contributed by atoms with Gasteiger partial charge in [0.25, 0.3) is 5.56 Å². The Balaban J connectivity index is 1.98. The lowest BCUT2D eigenvalue weighted by atomic mass is 9.95. The first kappa shape index (κ1) is 29.1. The normalized spacial score (nSPS) is 15.4. The average molecular weight is 706 g/mol. The van der Waals surface area contributed by atoms with E-state index in [1.54, 1.807) is 12.1 Å². The predicted molar refractivity (Wildman–Crippen MR) is 145 cm³/mol. The van der Waals surface area contributed by atoms with Gasteiger partial charge in [-0.25, -0.2) is 9.79 Å². The lowest BCUT2D eigenvalue weighted by molar-refractivity contribution is -0.140. The largest absolute Gasteiger partial charge is 0.476 e. The number of hydrogen-bond donors (Lipinski definition) is 0. The van der Waals surface area contributed by atoms with Crippen LogP contribution >= 0.6 is 54.8 Å². The van der Waals surface area contributed by atoms with Crippen LogP contribution in [0.3, 0.4) is 0 Å². The van der Waals surface area contributed by atoms with Crippen molar-refractivity contribution in [3.63, 3.8) is 0 Å². The van der Waals surface area contributed by atoms with E-state index < -0.39 is 35.0 Å². The van der Waals surface area contributed by atoms with Crippen LogP contribution in [0.4, 0.5) is 13.2 Å². The fraction of sp³-hybridized carbons (Fsp3) is 0.200. The van der Waals surface area contributed by atoms with Gasteiger partial charge in [-0.05, 0) is 80.3 Å². The van der Waals surface area contributed by atoms with Crippen molar-refractivity contribution in [1.29, 1.82) is 5.26 Å². The maximum absolute atomic E-state index is 14.2. The van der Waals surface area contributed by atoms with Crippen molar-refractivity contribution in [2.45, 2.75) is 19.1 Å². The van der Waals surface area contributed by atoms with E-state index >= 15 is 0 Å². The number of fused-ring (bicyclic) bond motifs is 1. The summed E-state index contributed by atoms with van der Waals surface area (Å²) in [4.78, 5) is 30.0. The third-order valence-electron chi connectivity index (χ3n) is 5.38. The first-order chi connectivity index (χ1) is 18.5. The lowest BCUT2D eigenvalue weighted by Crippen LogP contribution is -2.41. The second-order valence-corrected chi connectivity index (χ2v) is 11.0. The fourth-order valence-corrected chi connectivity index (χ4v) is 6.44. The van der Waals surface area contributed by atoms with Crippen molar-refractivity contribution >= 4 is 66.8 Å². The van der Waals surface area contributed by atoms with Gasteiger partial charge in [0.2, 0.25) is 0 Å². The highest BCUT2D eigenvalue weighted by atomic mass is 79.9. The molecule has 202 valence electrons. The van der Waals surface area contributed by atoms with Crippen molar-refractivity contribution in [3.8, 4) is 11.8 Å². The van der Waals surface area contributed by atoms with Crippen LogP contribution < -0.4 is 19.6 Å². The molecule has 39 heavy (non-hydrogen) atoms. The molecule has 3 aromatic rings. The third kappa shape index (κ3) is 5.99. The summed E-state index contributed by atoms with van der Waals surface area (Å²) < 4.78 is 55.0. The molecule has 0 radical (unpaired) electrons. The first-order valence-electron chi connectivity index (χ1n) is 11.0. The van der Waals surface area contributed by atoms with E-state index in [-0.39, 0.29) is 28.1 Å². The highest BCUT2D eigenvalue weighted by Gasteiger charge is 2.45. The van der Waals surface area contributed by atoms with E-state index in [0.717, 1.165) is 15.9 Å². The number of aromatic nitrogens is 1. The Morgan fingerprint density at radius 3 is 2.46 bits per heavy atom. The topological polar surface area (TPSA) is 93.7 Å². The number of benzene rings is 2.